The average Bonchev–Trinajstić information content (AvgIpc) is 3.21. The molecule has 1 aliphatic rings. The molecule has 0 bridgehead atoms. The molecule has 1 fully saturated rings. The minimum absolute atomic E-state index is 0.356. The molecule has 0 radical (unpaired) electrons. The number of hydrogen-bond acceptors (Lipinski definition) is 4. The molecule has 4 rings (SSSR count). The first-order valence-electron chi connectivity index (χ1n) is 7.82. The number of nitriles is 1. The molecule has 3 aromatic heterocycles. The topological polar surface area (TPSA) is 83.2 Å². The molecule has 0 saturated heterocycles. The second-order valence-electron chi connectivity index (χ2n) is 6.34. The highest BCUT2D eigenvalue weighted by atomic mass is 15.4. The van der Waals surface area contributed by atoms with Gasteiger partial charge in [0.25, 0.3) is 0 Å². The first-order chi connectivity index (χ1) is 10.8. The maximum Gasteiger partial charge on any atom is 0.139 e. The van der Waals surface area contributed by atoms with Crippen LogP contribution in [0.5, 0.6) is 0 Å². The van der Waals surface area contributed by atoms with Crippen molar-refractivity contribution in [2.45, 2.75) is 38.6 Å². The van der Waals surface area contributed by atoms with Crippen LogP contribution in [-0.2, 0) is 0 Å². The molecule has 0 amide bonds. The van der Waals surface area contributed by atoms with Crippen molar-refractivity contribution in [1.29, 1.82) is 5.26 Å². The molecular weight excluding hydrogens is 276 g/mol. The Balaban J connectivity index is 1.75. The van der Waals surface area contributed by atoms with Gasteiger partial charge in [0.15, 0.2) is 0 Å². The first-order valence-corrected chi connectivity index (χ1v) is 7.82. The fourth-order valence-corrected chi connectivity index (χ4v) is 3.87. The van der Waals surface area contributed by atoms with Gasteiger partial charge in [-0.25, -0.2) is 9.67 Å². The highest BCUT2D eigenvalue weighted by Gasteiger charge is 2.34. The van der Waals surface area contributed by atoms with E-state index in [4.69, 9.17) is 5.26 Å². The number of hydrogen-bond donors (Lipinski definition) is 1. The van der Waals surface area contributed by atoms with E-state index in [9.17, 15) is 0 Å². The smallest absolute Gasteiger partial charge is 0.139 e. The minimum Gasteiger partial charge on any atom is -0.346 e. The van der Waals surface area contributed by atoms with Crippen molar-refractivity contribution in [3.63, 3.8) is 0 Å². The van der Waals surface area contributed by atoms with Gasteiger partial charge in [-0.3, -0.25) is 0 Å². The summed E-state index contributed by atoms with van der Waals surface area (Å²) in [7, 11) is 0. The standard InChI is InChI=1S/C16H18N6/c1-10-7-11(3-2-5-17)8-14(10)22-15-12-4-6-18-16(12)19-9-13(15)20-21-22/h4,6,9-11,14H,2-3,7-8H2,1H3,(H,18,19)/t10-,11-,14+/m1/s1. The molecule has 6 nitrogen and oxygen atoms in total. The van der Waals surface area contributed by atoms with Gasteiger partial charge in [-0.05, 0) is 37.2 Å². The Hall–Kier alpha value is -2.42. The van der Waals surface area contributed by atoms with Crippen molar-refractivity contribution in [3.8, 4) is 6.07 Å². The summed E-state index contributed by atoms with van der Waals surface area (Å²) >= 11 is 0. The van der Waals surface area contributed by atoms with Crippen LogP contribution in [0.3, 0.4) is 0 Å². The second kappa shape index (κ2) is 5.09. The van der Waals surface area contributed by atoms with Gasteiger partial charge in [0.1, 0.15) is 16.7 Å². The van der Waals surface area contributed by atoms with Gasteiger partial charge in [0.2, 0.25) is 0 Å². The van der Waals surface area contributed by atoms with E-state index >= 15 is 0 Å². The molecule has 3 heterocycles. The first kappa shape index (κ1) is 13.3. The zero-order valence-electron chi connectivity index (χ0n) is 12.5. The summed E-state index contributed by atoms with van der Waals surface area (Å²) < 4.78 is 2.09. The van der Waals surface area contributed by atoms with Crippen LogP contribution in [0.2, 0.25) is 0 Å². The van der Waals surface area contributed by atoms with E-state index in [1.807, 2.05) is 12.3 Å². The average molecular weight is 294 g/mol. The molecule has 112 valence electrons. The molecule has 1 N–H and O–H groups in total. The molecule has 0 spiro atoms. The number of H-pyrrole nitrogens is 1. The number of aromatic amines is 1. The molecule has 0 aliphatic heterocycles. The third-order valence-electron chi connectivity index (χ3n) is 4.93. The molecule has 6 heteroatoms. The normalized spacial score (nSPS) is 25.0. The number of rotatable bonds is 3. The lowest BCUT2D eigenvalue weighted by atomic mass is 10.0. The van der Waals surface area contributed by atoms with Crippen LogP contribution in [0.25, 0.3) is 22.1 Å². The summed E-state index contributed by atoms with van der Waals surface area (Å²) in [4.78, 5) is 7.53. The lowest BCUT2D eigenvalue weighted by Crippen LogP contribution is -2.13. The van der Waals surface area contributed by atoms with E-state index in [2.05, 4.69) is 38.0 Å². The summed E-state index contributed by atoms with van der Waals surface area (Å²) in [5.41, 5.74) is 2.80. The van der Waals surface area contributed by atoms with E-state index in [1.54, 1.807) is 6.20 Å². The van der Waals surface area contributed by atoms with Gasteiger partial charge >= 0.3 is 0 Å². The Bertz CT molecular complexity index is 854. The van der Waals surface area contributed by atoms with E-state index in [1.165, 1.54) is 0 Å². The Kier molecular flexibility index (Phi) is 3.07. The summed E-state index contributed by atoms with van der Waals surface area (Å²) in [5.74, 6) is 1.17. The molecule has 3 aromatic rings. The number of fused-ring (bicyclic) bond motifs is 3. The molecule has 3 atom stereocenters. The fraction of sp³-hybridized carbons (Fsp3) is 0.500. The third kappa shape index (κ3) is 1.97. The monoisotopic (exact) mass is 294 g/mol. The van der Waals surface area contributed by atoms with Gasteiger partial charge < -0.3 is 4.98 Å². The van der Waals surface area contributed by atoms with Crippen LogP contribution in [0.4, 0.5) is 0 Å². The quantitative estimate of drug-likeness (QED) is 0.804. The van der Waals surface area contributed by atoms with Gasteiger partial charge in [-0.2, -0.15) is 5.26 Å². The molecule has 0 aromatic carbocycles. The Morgan fingerprint density at radius 2 is 2.36 bits per heavy atom. The zero-order valence-corrected chi connectivity index (χ0v) is 12.5. The van der Waals surface area contributed by atoms with Crippen LogP contribution < -0.4 is 0 Å². The summed E-state index contributed by atoms with van der Waals surface area (Å²) in [6.45, 7) is 2.28. The predicted molar refractivity (Wildman–Crippen MR) is 83.0 cm³/mol. The zero-order chi connectivity index (χ0) is 15.1. The Morgan fingerprint density at radius 1 is 1.45 bits per heavy atom. The lowest BCUT2D eigenvalue weighted by Gasteiger charge is -2.16. The van der Waals surface area contributed by atoms with Crippen molar-refractivity contribution in [2.75, 3.05) is 0 Å². The summed E-state index contributed by atoms with van der Waals surface area (Å²) in [5, 5.41) is 18.6. The number of nitrogens with zero attached hydrogens (tertiary/aromatic N) is 5. The number of nitrogens with one attached hydrogen (secondary N) is 1. The molecular formula is C16H18N6. The van der Waals surface area contributed by atoms with Crippen molar-refractivity contribution >= 4 is 22.1 Å². The van der Waals surface area contributed by atoms with Crippen molar-refractivity contribution in [1.82, 2.24) is 25.0 Å². The van der Waals surface area contributed by atoms with Crippen LogP contribution in [0.1, 0.15) is 38.6 Å². The SMILES string of the molecule is C[C@@H]1C[C@@H](CCC#N)C[C@@H]1n1nnc2cnc3[nH]ccc3c21. The number of pyridine rings is 1. The highest BCUT2D eigenvalue weighted by Crippen LogP contribution is 2.42. The van der Waals surface area contributed by atoms with Crippen LogP contribution >= 0.6 is 0 Å². The third-order valence-corrected chi connectivity index (χ3v) is 4.93. The maximum absolute atomic E-state index is 8.79. The second-order valence-corrected chi connectivity index (χ2v) is 6.34. The van der Waals surface area contributed by atoms with Gasteiger partial charge in [0.05, 0.1) is 18.3 Å². The molecule has 1 aliphatic carbocycles. The van der Waals surface area contributed by atoms with E-state index in [0.29, 0.717) is 24.3 Å². The molecule has 0 unspecified atom stereocenters. The predicted octanol–water partition coefficient (Wildman–Crippen LogP) is 3.20. The van der Waals surface area contributed by atoms with Gasteiger partial charge in [0, 0.05) is 18.0 Å². The summed E-state index contributed by atoms with van der Waals surface area (Å²) in [6, 6.07) is 4.66. The van der Waals surface area contributed by atoms with Crippen LogP contribution in [0, 0.1) is 23.2 Å². The Morgan fingerprint density at radius 3 is 3.23 bits per heavy atom. The van der Waals surface area contributed by atoms with Crippen LogP contribution in [-0.4, -0.2) is 25.0 Å². The van der Waals surface area contributed by atoms with Crippen molar-refractivity contribution in [2.24, 2.45) is 11.8 Å². The van der Waals surface area contributed by atoms with Crippen LogP contribution in [0.15, 0.2) is 18.5 Å². The van der Waals surface area contributed by atoms with Crippen molar-refractivity contribution in [3.05, 3.63) is 18.5 Å². The Labute approximate surface area is 128 Å². The minimum atomic E-state index is 0.356. The molecule has 1 saturated carbocycles. The molecule has 22 heavy (non-hydrogen) atoms. The summed E-state index contributed by atoms with van der Waals surface area (Å²) in [6.07, 6.45) is 7.57. The van der Waals surface area contributed by atoms with E-state index < -0.39 is 0 Å². The van der Waals surface area contributed by atoms with E-state index in [0.717, 1.165) is 41.3 Å². The fourth-order valence-electron chi connectivity index (χ4n) is 3.87. The largest absolute Gasteiger partial charge is 0.346 e. The van der Waals surface area contributed by atoms with Gasteiger partial charge in [-0.15, -0.1) is 5.10 Å². The number of aromatic nitrogens is 5. The lowest BCUT2D eigenvalue weighted by molar-refractivity contribution is 0.375. The van der Waals surface area contributed by atoms with E-state index in [-0.39, 0.29) is 0 Å². The maximum atomic E-state index is 8.79. The highest BCUT2D eigenvalue weighted by molar-refractivity contribution is 6.00. The van der Waals surface area contributed by atoms with Gasteiger partial charge in [-0.1, -0.05) is 12.1 Å². The van der Waals surface area contributed by atoms with Crippen molar-refractivity contribution < 1.29 is 0 Å².